The molecule has 1 N–H and O–H groups in total. The molecule has 0 fully saturated rings. The van der Waals surface area contributed by atoms with Gasteiger partial charge in [0.1, 0.15) is 5.75 Å². The Morgan fingerprint density at radius 3 is 2.85 bits per heavy atom. The molecule has 0 aromatic carbocycles. The van der Waals surface area contributed by atoms with Crippen molar-refractivity contribution >= 4 is 24.9 Å². The van der Waals surface area contributed by atoms with Gasteiger partial charge in [0, 0.05) is 14.7 Å². The molecule has 0 aliphatic rings. The number of nitrogens with zero attached hydrogens (tertiary/aromatic N) is 4. The van der Waals surface area contributed by atoms with Gasteiger partial charge in [0.2, 0.25) is 0 Å². The van der Waals surface area contributed by atoms with Gasteiger partial charge in [-0.1, -0.05) is 26.2 Å². The van der Waals surface area contributed by atoms with E-state index >= 15 is 0 Å². The zero-order valence-corrected chi connectivity index (χ0v) is 12.9. The Labute approximate surface area is 118 Å². The average molecular weight is 290 g/mol. The number of pyridine rings is 1. The monoisotopic (exact) mass is 290 g/mol. The summed E-state index contributed by atoms with van der Waals surface area (Å²) in [5.41, 5.74) is 0.557. The molecular formula is C13H18N4O2Si. The van der Waals surface area contributed by atoms with Crippen LogP contribution in [0.1, 0.15) is 0 Å². The number of aromatic nitrogens is 3. The van der Waals surface area contributed by atoms with E-state index in [-0.39, 0.29) is 18.3 Å². The highest BCUT2D eigenvalue weighted by molar-refractivity contribution is 6.76. The minimum Gasteiger partial charge on any atom is -0.506 e. The zero-order valence-electron chi connectivity index (χ0n) is 11.9. The lowest BCUT2D eigenvalue weighted by Crippen LogP contribution is -2.22. The number of hydrogen-bond acceptors (Lipinski definition) is 4. The van der Waals surface area contributed by atoms with E-state index in [4.69, 9.17) is 11.3 Å². The minimum atomic E-state index is -1.11. The number of hydrogen-bond donors (Lipinski definition) is 1. The van der Waals surface area contributed by atoms with Crippen LogP contribution in [0, 0.1) is 6.57 Å². The Hall–Kier alpha value is -1.91. The maximum Gasteiger partial charge on any atom is 0.305 e. The molecule has 6 nitrogen and oxygen atoms in total. The Morgan fingerprint density at radius 1 is 1.45 bits per heavy atom. The molecule has 7 heteroatoms. The van der Waals surface area contributed by atoms with Crippen LogP contribution in [-0.2, 0) is 11.5 Å². The highest BCUT2D eigenvalue weighted by Crippen LogP contribution is 2.26. The Bertz CT molecular complexity index is 655. The minimum absolute atomic E-state index is 0.0293. The molecule has 0 aliphatic carbocycles. The third kappa shape index (κ3) is 3.34. The second kappa shape index (κ2) is 5.61. The van der Waals surface area contributed by atoms with Crippen LogP contribution in [0.3, 0.4) is 0 Å². The van der Waals surface area contributed by atoms with E-state index in [1.54, 1.807) is 4.68 Å². The van der Waals surface area contributed by atoms with Gasteiger partial charge in [-0.25, -0.2) is 4.98 Å². The van der Waals surface area contributed by atoms with E-state index < -0.39 is 8.07 Å². The van der Waals surface area contributed by atoms with Crippen LogP contribution in [0.2, 0.25) is 25.7 Å². The summed E-state index contributed by atoms with van der Waals surface area (Å²) in [6.07, 6.45) is 1.34. The fraction of sp³-hybridized carbons (Fsp3) is 0.462. The molecule has 2 heterocycles. The SMILES string of the molecule is [C-]#[N+]c1nn(COCC[Si](C)(C)C)c2ncc(O)cc12. The van der Waals surface area contributed by atoms with Crippen molar-refractivity contribution in [3.8, 4) is 5.75 Å². The van der Waals surface area contributed by atoms with Crippen LogP contribution in [0.25, 0.3) is 15.9 Å². The second-order valence-electron chi connectivity index (χ2n) is 5.85. The summed E-state index contributed by atoms with van der Waals surface area (Å²) < 4.78 is 7.18. The summed E-state index contributed by atoms with van der Waals surface area (Å²) in [4.78, 5) is 7.46. The van der Waals surface area contributed by atoms with Crippen molar-refractivity contribution in [2.45, 2.75) is 32.4 Å². The average Bonchev–Trinajstić information content (AvgIpc) is 2.71. The van der Waals surface area contributed by atoms with Gasteiger partial charge >= 0.3 is 5.82 Å². The molecule has 0 unspecified atom stereocenters. The summed E-state index contributed by atoms with van der Waals surface area (Å²) in [6.45, 7) is 14.9. The number of ether oxygens (including phenoxy) is 1. The highest BCUT2D eigenvalue weighted by atomic mass is 28.3. The lowest BCUT2D eigenvalue weighted by Gasteiger charge is -2.14. The summed E-state index contributed by atoms with van der Waals surface area (Å²) in [5, 5.41) is 14.1. The predicted molar refractivity (Wildman–Crippen MR) is 79.6 cm³/mol. The quantitative estimate of drug-likeness (QED) is 0.522. The predicted octanol–water partition coefficient (Wildman–Crippen LogP) is 3.00. The third-order valence-electron chi connectivity index (χ3n) is 2.87. The van der Waals surface area contributed by atoms with E-state index in [2.05, 4.69) is 34.6 Å². The Balaban J connectivity index is 2.13. The summed E-state index contributed by atoms with van der Waals surface area (Å²) in [6, 6.07) is 2.58. The third-order valence-corrected chi connectivity index (χ3v) is 4.57. The van der Waals surface area contributed by atoms with Gasteiger partial charge in [0.15, 0.2) is 12.4 Å². The van der Waals surface area contributed by atoms with Crippen LogP contribution < -0.4 is 0 Å². The van der Waals surface area contributed by atoms with E-state index in [1.165, 1.54) is 12.3 Å². The fourth-order valence-corrected chi connectivity index (χ4v) is 2.49. The lowest BCUT2D eigenvalue weighted by atomic mass is 10.3. The highest BCUT2D eigenvalue weighted by Gasteiger charge is 2.16. The van der Waals surface area contributed by atoms with E-state index in [1.807, 2.05) is 0 Å². The van der Waals surface area contributed by atoms with Crippen LogP contribution >= 0.6 is 0 Å². The molecule has 0 amide bonds. The molecule has 106 valence electrons. The zero-order chi connectivity index (χ0) is 14.8. The molecule has 20 heavy (non-hydrogen) atoms. The normalized spacial score (nSPS) is 11.7. The molecule has 0 saturated heterocycles. The number of aromatic hydroxyl groups is 1. The summed E-state index contributed by atoms with van der Waals surface area (Å²) >= 11 is 0. The largest absolute Gasteiger partial charge is 0.506 e. The van der Waals surface area contributed by atoms with Crippen molar-refractivity contribution in [1.29, 1.82) is 0 Å². The summed E-state index contributed by atoms with van der Waals surface area (Å²) in [7, 11) is -1.11. The molecule has 0 saturated carbocycles. The molecule has 0 bridgehead atoms. The first-order valence-corrected chi connectivity index (χ1v) is 10.1. The lowest BCUT2D eigenvalue weighted by molar-refractivity contribution is 0.0815. The molecule has 0 radical (unpaired) electrons. The smallest absolute Gasteiger partial charge is 0.305 e. The van der Waals surface area contributed by atoms with Gasteiger partial charge in [-0.05, 0) is 17.2 Å². The molecule has 0 spiro atoms. The van der Waals surface area contributed by atoms with Gasteiger partial charge in [-0.2, -0.15) is 0 Å². The maximum atomic E-state index is 9.43. The van der Waals surface area contributed by atoms with Crippen molar-refractivity contribution in [2.75, 3.05) is 6.61 Å². The first-order valence-electron chi connectivity index (χ1n) is 6.41. The van der Waals surface area contributed by atoms with Crippen LogP contribution in [0.5, 0.6) is 5.75 Å². The van der Waals surface area contributed by atoms with Crippen molar-refractivity contribution in [3.05, 3.63) is 23.7 Å². The first kappa shape index (κ1) is 14.5. The maximum absolute atomic E-state index is 9.43. The molecule has 2 rings (SSSR count). The number of rotatable bonds is 5. The van der Waals surface area contributed by atoms with Crippen LogP contribution in [-0.4, -0.2) is 34.6 Å². The molecule has 0 atom stereocenters. The van der Waals surface area contributed by atoms with Crippen molar-refractivity contribution in [2.24, 2.45) is 0 Å². The van der Waals surface area contributed by atoms with Crippen molar-refractivity contribution < 1.29 is 9.84 Å². The van der Waals surface area contributed by atoms with E-state index in [9.17, 15) is 5.11 Å². The number of fused-ring (bicyclic) bond motifs is 1. The molecule has 2 aromatic rings. The molecule has 0 aliphatic heterocycles. The second-order valence-corrected chi connectivity index (χ2v) is 11.5. The Kier molecular flexibility index (Phi) is 4.06. The molecule has 2 aromatic heterocycles. The summed E-state index contributed by atoms with van der Waals surface area (Å²) in [5.74, 6) is 0.263. The van der Waals surface area contributed by atoms with Gasteiger partial charge < -0.3 is 14.7 Å². The Morgan fingerprint density at radius 2 is 2.20 bits per heavy atom. The van der Waals surface area contributed by atoms with Crippen molar-refractivity contribution in [1.82, 2.24) is 14.8 Å². The van der Waals surface area contributed by atoms with E-state index in [0.29, 0.717) is 17.6 Å². The van der Waals surface area contributed by atoms with Crippen LogP contribution in [0.4, 0.5) is 5.82 Å². The first-order chi connectivity index (χ1) is 9.40. The van der Waals surface area contributed by atoms with Gasteiger partial charge in [-0.15, -0.1) is 4.68 Å². The van der Waals surface area contributed by atoms with E-state index in [0.717, 1.165) is 6.04 Å². The fourth-order valence-electron chi connectivity index (χ4n) is 1.73. The standard InChI is InChI=1S/C13H18N4O2Si/c1-14-12-11-7-10(18)8-15-13(11)17(16-12)9-19-5-6-20(2,3)4/h7-8,18H,5-6,9H2,2-4H3. The van der Waals surface area contributed by atoms with Crippen molar-refractivity contribution in [3.63, 3.8) is 0 Å². The topological polar surface area (TPSA) is 64.5 Å². The van der Waals surface area contributed by atoms with Crippen LogP contribution in [0.15, 0.2) is 12.3 Å². The molecular weight excluding hydrogens is 272 g/mol. The van der Waals surface area contributed by atoms with Gasteiger partial charge in [-0.3, -0.25) is 0 Å². The van der Waals surface area contributed by atoms with Gasteiger partial charge in [0.25, 0.3) is 0 Å². The van der Waals surface area contributed by atoms with Gasteiger partial charge in [0.05, 0.1) is 11.6 Å².